The van der Waals surface area contributed by atoms with Crippen LogP contribution in [0.4, 0.5) is 0 Å². The molecule has 3 nitrogen and oxygen atoms in total. The molecule has 0 saturated heterocycles. The molecule has 0 unspecified atom stereocenters. The van der Waals surface area contributed by atoms with Crippen LogP contribution in [-0.4, -0.2) is 15.7 Å². The van der Waals surface area contributed by atoms with Crippen LogP contribution in [0.25, 0.3) is 0 Å². The molecule has 0 fully saturated rings. The van der Waals surface area contributed by atoms with E-state index in [1.807, 2.05) is 26.4 Å². The Bertz CT molecular complexity index is 253. The zero-order valence-corrected chi connectivity index (χ0v) is 8.82. The molecule has 0 radical (unpaired) electrons. The third-order valence-electron chi connectivity index (χ3n) is 1.87. The molecule has 0 atom stereocenters. The Balaban J connectivity index is 2.60. The molecule has 0 aromatic carbocycles. The van der Waals surface area contributed by atoms with E-state index in [0.717, 1.165) is 5.69 Å². The number of imidazole rings is 1. The average molecular weight is 182 g/mol. The first kappa shape index (κ1) is 10.3. The molecule has 0 N–H and O–H groups in total. The molecule has 3 heteroatoms. The van der Waals surface area contributed by atoms with Crippen LogP contribution >= 0.6 is 0 Å². The van der Waals surface area contributed by atoms with E-state index in [0.29, 0.717) is 12.6 Å². The van der Waals surface area contributed by atoms with Crippen molar-refractivity contribution in [2.75, 3.05) is 0 Å². The van der Waals surface area contributed by atoms with E-state index in [2.05, 4.69) is 23.4 Å². The maximum atomic E-state index is 5.52. The van der Waals surface area contributed by atoms with Gasteiger partial charge in [0.15, 0.2) is 0 Å². The Morgan fingerprint density at radius 1 is 1.38 bits per heavy atom. The van der Waals surface area contributed by atoms with Crippen molar-refractivity contribution in [1.82, 2.24) is 9.55 Å². The predicted molar refractivity (Wildman–Crippen MR) is 52.5 cm³/mol. The van der Waals surface area contributed by atoms with E-state index >= 15 is 0 Å². The third kappa shape index (κ3) is 2.84. The molecule has 1 aromatic rings. The van der Waals surface area contributed by atoms with Crippen molar-refractivity contribution >= 4 is 0 Å². The Hall–Kier alpha value is -0.830. The van der Waals surface area contributed by atoms with Crippen LogP contribution in [-0.2, 0) is 11.3 Å². The highest BCUT2D eigenvalue weighted by molar-refractivity contribution is 4.97. The topological polar surface area (TPSA) is 27.1 Å². The number of hydrogen-bond donors (Lipinski definition) is 0. The van der Waals surface area contributed by atoms with Gasteiger partial charge in [-0.1, -0.05) is 0 Å². The first-order valence-corrected chi connectivity index (χ1v) is 4.73. The van der Waals surface area contributed by atoms with Crippen molar-refractivity contribution in [2.45, 2.75) is 46.4 Å². The molecule has 74 valence electrons. The molecule has 0 amide bonds. The predicted octanol–water partition coefficient (Wildman–Crippen LogP) is 2.39. The van der Waals surface area contributed by atoms with E-state index in [1.165, 1.54) is 0 Å². The van der Waals surface area contributed by atoms with Crippen molar-refractivity contribution in [3.63, 3.8) is 0 Å². The summed E-state index contributed by atoms with van der Waals surface area (Å²) >= 11 is 0. The maximum absolute atomic E-state index is 5.52. The molecule has 13 heavy (non-hydrogen) atoms. The van der Waals surface area contributed by atoms with Gasteiger partial charge in [0.25, 0.3) is 0 Å². The van der Waals surface area contributed by atoms with Gasteiger partial charge in [-0.15, -0.1) is 0 Å². The number of hydrogen-bond acceptors (Lipinski definition) is 2. The van der Waals surface area contributed by atoms with Crippen LogP contribution in [0.1, 0.15) is 39.4 Å². The van der Waals surface area contributed by atoms with Gasteiger partial charge < -0.3 is 9.30 Å². The van der Waals surface area contributed by atoms with E-state index in [-0.39, 0.29) is 6.10 Å². The van der Waals surface area contributed by atoms with Crippen molar-refractivity contribution in [2.24, 2.45) is 0 Å². The second-order valence-electron chi connectivity index (χ2n) is 3.75. The van der Waals surface area contributed by atoms with Gasteiger partial charge >= 0.3 is 0 Å². The van der Waals surface area contributed by atoms with E-state index in [9.17, 15) is 0 Å². The lowest BCUT2D eigenvalue weighted by Crippen LogP contribution is -2.08. The zero-order valence-electron chi connectivity index (χ0n) is 8.82. The van der Waals surface area contributed by atoms with Crippen molar-refractivity contribution in [3.8, 4) is 0 Å². The fraction of sp³-hybridized carbons (Fsp3) is 0.700. The molecule has 0 aliphatic carbocycles. The lowest BCUT2D eigenvalue weighted by atomic mass is 10.3. The molecule has 0 bridgehead atoms. The zero-order chi connectivity index (χ0) is 9.84. The summed E-state index contributed by atoms with van der Waals surface area (Å²) in [4.78, 5) is 4.10. The standard InChI is InChI=1S/C10H18N2O/c1-8(2)12-7-11-5-10(12)6-13-9(3)4/h5,7-9H,6H2,1-4H3. The molecule has 1 heterocycles. The quantitative estimate of drug-likeness (QED) is 0.715. The summed E-state index contributed by atoms with van der Waals surface area (Å²) in [5, 5.41) is 0. The van der Waals surface area contributed by atoms with Gasteiger partial charge in [-0.05, 0) is 27.7 Å². The molecular weight excluding hydrogens is 164 g/mol. The molecule has 0 saturated carbocycles. The van der Waals surface area contributed by atoms with Gasteiger partial charge in [-0.2, -0.15) is 0 Å². The van der Waals surface area contributed by atoms with Gasteiger partial charge in [0.1, 0.15) is 0 Å². The molecule has 1 rings (SSSR count). The summed E-state index contributed by atoms with van der Waals surface area (Å²) in [6, 6.07) is 0.452. The summed E-state index contributed by atoms with van der Waals surface area (Å²) < 4.78 is 7.64. The summed E-state index contributed by atoms with van der Waals surface area (Å²) in [5.41, 5.74) is 1.14. The Labute approximate surface area is 79.7 Å². The minimum Gasteiger partial charge on any atom is -0.373 e. The normalized spacial score (nSPS) is 11.5. The second-order valence-corrected chi connectivity index (χ2v) is 3.75. The van der Waals surface area contributed by atoms with Crippen LogP contribution in [0, 0.1) is 0 Å². The van der Waals surface area contributed by atoms with Crippen LogP contribution in [0.3, 0.4) is 0 Å². The number of rotatable bonds is 4. The van der Waals surface area contributed by atoms with Gasteiger partial charge in [0, 0.05) is 6.04 Å². The largest absolute Gasteiger partial charge is 0.373 e. The molecule has 0 aliphatic heterocycles. The van der Waals surface area contributed by atoms with Crippen molar-refractivity contribution in [3.05, 3.63) is 18.2 Å². The lowest BCUT2D eigenvalue weighted by molar-refractivity contribution is 0.0612. The monoisotopic (exact) mass is 182 g/mol. The molecule has 0 spiro atoms. The highest BCUT2D eigenvalue weighted by Gasteiger charge is 2.05. The second kappa shape index (κ2) is 4.42. The van der Waals surface area contributed by atoms with Crippen molar-refractivity contribution < 1.29 is 4.74 Å². The Morgan fingerprint density at radius 2 is 2.08 bits per heavy atom. The summed E-state index contributed by atoms with van der Waals surface area (Å²) in [7, 11) is 0. The minimum atomic E-state index is 0.274. The maximum Gasteiger partial charge on any atom is 0.0951 e. The highest BCUT2D eigenvalue weighted by atomic mass is 16.5. The lowest BCUT2D eigenvalue weighted by Gasteiger charge is -2.13. The minimum absolute atomic E-state index is 0.274. The number of nitrogens with zero attached hydrogens (tertiary/aromatic N) is 2. The Morgan fingerprint density at radius 3 is 2.62 bits per heavy atom. The fourth-order valence-corrected chi connectivity index (χ4v) is 1.16. The number of aromatic nitrogens is 2. The van der Waals surface area contributed by atoms with Crippen LogP contribution in [0.15, 0.2) is 12.5 Å². The Kier molecular flexibility index (Phi) is 3.48. The summed E-state index contributed by atoms with van der Waals surface area (Å²) in [6.45, 7) is 9.00. The van der Waals surface area contributed by atoms with E-state index < -0.39 is 0 Å². The molecule has 1 aromatic heterocycles. The number of ether oxygens (including phenoxy) is 1. The summed E-state index contributed by atoms with van der Waals surface area (Å²) in [5.74, 6) is 0. The van der Waals surface area contributed by atoms with Crippen LogP contribution < -0.4 is 0 Å². The van der Waals surface area contributed by atoms with Gasteiger partial charge in [-0.3, -0.25) is 0 Å². The highest BCUT2D eigenvalue weighted by Crippen LogP contribution is 2.10. The van der Waals surface area contributed by atoms with Crippen molar-refractivity contribution in [1.29, 1.82) is 0 Å². The molecule has 0 aliphatic rings. The first-order chi connectivity index (χ1) is 6.11. The average Bonchev–Trinajstić information content (AvgIpc) is 2.47. The first-order valence-electron chi connectivity index (χ1n) is 4.73. The molecular formula is C10H18N2O. The van der Waals surface area contributed by atoms with Gasteiger partial charge in [0.2, 0.25) is 0 Å². The van der Waals surface area contributed by atoms with E-state index in [4.69, 9.17) is 4.74 Å². The van der Waals surface area contributed by atoms with Gasteiger partial charge in [0.05, 0.1) is 30.9 Å². The van der Waals surface area contributed by atoms with Crippen LogP contribution in [0.2, 0.25) is 0 Å². The van der Waals surface area contributed by atoms with Gasteiger partial charge in [-0.25, -0.2) is 4.98 Å². The van der Waals surface area contributed by atoms with E-state index in [1.54, 1.807) is 0 Å². The van der Waals surface area contributed by atoms with Crippen LogP contribution in [0.5, 0.6) is 0 Å². The SMILES string of the molecule is CC(C)OCc1cncn1C(C)C. The smallest absolute Gasteiger partial charge is 0.0951 e. The third-order valence-corrected chi connectivity index (χ3v) is 1.87. The summed E-state index contributed by atoms with van der Waals surface area (Å²) in [6.07, 6.45) is 3.99. The fourth-order valence-electron chi connectivity index (χ4n) is 1.16.